The Hall–Kier alpha value is -1.36. The van der Waals surface area contributed by atoms with Crippen LogP contribution in [0.5, 0.6) is 0 Å². The molecule has 1 aliphatic carbocycles. The summed E-state index contributed by atoms with van der Waals surface area (Å²) >= 11 is 0. The van der Waals surface area contributed by atoms with Gasteiger partial charge in [0.25, 0.3) is 5.91 Å². The average molecular weight is 265 g/mol. The first kappa shape index (κ1) is 14.1. The third-order valence-electron chi connectivity index (χ3n) is 3.80. The Morgan fingerprint density at radius 2 is 2.32 bits per heavy atom. The third-order valence-corrected chi connectivity index (χ3v) is 3.80. The third kappa shape index (κ3) is 3.80. The number of aliphatic hydroxyl groups excluding tert-OH is 1. The molecule has 5 heteroatoms. The fourth-order valence-electron chi connectivity index (χ4n) is 2.67. The molecule has 0 aromatic carbocycles. The Morgan fingerprint density at radius 3 is 3.00 bits per heavy atom. The lowest BCUT2D eigenvalue weighted by Gasteiger charge is -2.17. The predicted octanol–water partition coefficient (Wildman–Crippen LogP) is 1.64. The molecular weight excluding hydrogens is 242 g/mol. The minimum absolute atomic E-state index is 0.212. The minimum Gasteiger partial charge on any atom is -0.391 e. The molecule has 2 rings (SSSR count). The molecule has 1 unspecified atom stereocenters. The summed E-state index contributed by atoms with van der Waals surface area (Å²) in [6.45, 7) is 2.40. The van der Waals surface area contributed by atoms with Crippen molar-refractivity contribution in [1.82, 2.24) is 15.5 Å². The summed E-state index contributed by atoms with van der Waals surface area (Å²) in [6, 6.07) is 1.78. The first-order valence-corrected chi connectivity index (χ1v) is 7.21. The Bertz CT molecular complexity index is 411. The second-order valence-corrected chi connectivity index (χ2v) is 5.35. The molecule has 5 nitrogen and oxygen atoms in total. The maximum Gasteiger partial charge on any atom is 0.271 e. The number of hydrogen-bond donors (Lipinski definition) is 3. The summed E-state index contributed by atoms with van der Waals surface area (Å²) in [5, 5.41) is 19.6. The molecule has 1 atom stereocenters. The largest absolute Gasteiger partial charge is 0.391 e. The van der Waals surface area contributed by atoms with Gasteiger partial charge in [-0.1, -0.05) is 26.2 Å². The molecule has 1 amide bonds. The number of amides is 1. The smallest absolute Gasteiger partial charge is 0.271 e. The Balaban J connectivity index is 1.79. The van der Waals surface area contributed by atoms with E-state index < -0.39 is 6.10 Å². The molecule has 0 aliphatic heterocycles. The number of carbonyl (C=O) groups is 1. The van der Waals surface area contributed by atoms with Gasteiger partial charge in [-0.15, -0.1) is 0 Å². The summed E-state index contributed by atoms with van der Waals surface area (Å²) in [4.78, 5) is 11.9. The maximum absolute atomic E-state index is 11.9. The van der Waals surface area contributed by atoms with E-state index in [0.717, 1.165) is 31.4 Å². The fourth-order valence-corrected chi connectivity index (χ4v) is 2.67. The van der Waals surface area contributed by atoms with E-state index in [0.29, 0.717) is 18.2 Å². The van der Waals surface area contributed by atoms with E-state index in [1.54, 1.807) is 6.07 Å². The highest BCUT2D eigenvalue weighted by molar-refractivity contribution is 5.92. The number of H-pyrrole nitrogens is 1. The lowest BCUT2D eigenvalue weighted by Crippen LogP contribution is -2.35. The molecular formula is C14H23N3O2. The standard InChI is InChI=1S/C14H23N3O2/c1-2-5-11-8-12(17-16-11)14(19)15-9-13(18)10-6-3-4-7-10/h8,10,13,18H,2-7,9H2,1H3,(H,15,19)(H,16,17). The second kappa shape index (κ2) is 6.70. The molecule has 3 N–H and O–H groups in total. The van der Waals surface area contributed by atoms with E-state index in [1.807, 2.05) is 0 Å². The summed E-state index contributed by atoms with van der Waals surface area (Å²) in [5.74, 6) is 0.130. The van der Waals surface area contributed by atoms with Crippen molar-refractivity contribution in [2.45, 2.75) is 51.6 Å². The SMILES string of the molecule is CCCc1cc(C(=O)NCC(O)C2CCCC2)n[nH]1. The molecule has 1 fully saturated rings. The van der Waals surface area contributed by atoms with Gasteiger partial charge in [0.05, 0.1) is 6.10 Å². The van der Waals surface area contributed by atoms with Crippen molar-refractivity contribution >= 4 is 5.91 Å². The van der Waals surface area contributed by atoms with Crippen molar-refractivity contribution in [3.8, 4) is 0 Å². The number of aliphatic hydroxyl groups is 1. The van der Waals surface area contributed by atoms with Gasteiger partial charge >= 0.3 is 0 Å². The first-order valence-electron chi connectivity index (χ1n) is 7.21. The molecule has 0 bridgehead atoms. The van der Waals surface area contributed by atoms with Crippen LogP contribution in [0.3, 0.4) is 0 Å². The highest BCUT2D eigenvalue weighted by atomic mass is 16.3. The van der Waals surface area contributed by atoms with Crippen LogP contribution in [0.15, 0.2) is 6.07 Å². The van der Waals surface area contributed by atoms with Gasteiger partial charge in [-0.3, -0.25) is 9.89 Å². The van der Waals surface area contributed by atoms with E-state index in [9.17, 15) is 9.90 Å². The summed E-state index contributed by atoms with van der Waals surface area (Å²) in [6.07, 6.45) is 6.00. The van der Waals surface area contributed by atoms with Crippen molar-refractivity contribution in [2.24, 2.45) is 5.92 Å². The number of aromatic amines is 1. The zero-order valence-electron chi connectivity index (χ0n) is 11.5. The number of aryl methyl sites for hydroxylation is 1. The molecule has 1 saturated carbocycles. The van der Waals surface area contributed by atoms with Crippen LogP contribution < -0.4 is 5.32 Å². The topological polar surface area (TPSA) is 78.0 Å². The molecule has 1 aromatic heterocycles. The maximum atomic E-state index is 11.9. The molecule has 1 heterocycles. The van der Waals surface area contributed by atoms with Crippen LogP contribution in [-0.4, -0.2) is 33.9 Å². The van der Waals surface area contributed by atoms with Gasteiger partial charge < -0.3 is 10.4 Å². The van der Waals surface area contributed by atoms with Crippen LogP contribution in [0.25, 0.3) is 0 Å². The molecule has 0 radical (unpaired) electrons. The summed E-state index contributed by atoms with van der Waals surface area (Å²) < 4.78 is 0. The van der Waals surface area contributed by atoms with E-state index >= 15 is 0 Å². The number of rotatable bonds is 6. The monoisotopic (exact) mass is 265 g/mol. The van der Waals surface area contributed by atoms with E-state index in [1.165, 1.54) is 12.8 Å². The van der Waals surface area contributed by atoms with Gasteiger partial charge in [-0.2, -0.15) is 5.10 Å². The van der Waals surface area contributed by atoms with Crippen molar-refractivity contribution in [2.75, 3.05) is 6.54 Å². The van der Waals surface area contributed by atoms with Gasteiger partial charge in [-0.25, -0.2) is 0 Å². The van der Waals surface area contributed by atoms with Gasteiger partial charge in [0.15, 0.2) is 0 Å². The number of carbonyl (C=O) groups excluding carboxylic acids is 1. The Labute approximate surface area is 113 Å². The van der Waals surface area contributed by atoms with E-state index in [4.69, 9.17) is 0 Å². The molecule has 0 saturated heterocycles. The van der Waals surface area contributed by atoms with Gasteiger partial charge in [-0.05, 0) is 31.2 Å². The predicted molar refractivity (Wildman–Crippen MR) is 72.9 cm³/mol. The average Bonchev–Trinajstić information content (AvgIpc) is 3.06. The van der Waals surface area contributed by atoms with E-state index in [2.05, 4.69) is 22.4 Å². The summed E-state index contributed by atoms with van der Waals surface area (Å²) in [5.41, 5.74) is 1.38. The molecule has 106 valence electrons. The van der Waals surface area contributed by atoms with Crippen LogP contribution in [0, 0.1) is 5.92 Å². The highest BCUT2D eigenvalue weighted by Gasteiger charge is 2.23. The minimum atomic E-state index is -0.430. The Morgan fingerprint density at radius 1 is 1.58 bits per heavy atom. The summed E-state index contributed by atoms with van der Waals surface area (Å²) in [7, 11) is 0. The van der Waals surface area contributed by atoms with Crippen molar-refractivity contribution < 1.29 is 9.90 Å². The zero-order chi connectivity index (χ0) is 13.7. The van der Waals surface area contributed by atoms with Crippen molar-refractivity contribution in [3.05, 3.63) is 17.5 Å². The van der Waals surface area contributed by atoms with Gasteiger partial charge in [0.2, 0.25) is 0 Å². The number of aromatic nitrogens is 2. The van der Waals surface area contributed by atoms with Crippen molar-refractivity contribution in [3.63, 3.8) is 0 Å². The number of nitrogens with zero attached hydrogens (tertiary/aromatic N) is 1. The number of hydrogen-bond acceptors (Lipinski definition) is 3. The quantitative estimate of drug-likeness (QED) is 0.731. The van der Waals surface area contributed by atoms with Crippen molar-refractivity contribution in [1.29, 1.82) is 0 Å². The number of nitrogens with one attached hydrogen (secondary N) is 2. The molecule has 1 aromatic rings. The zero-order valence-corrected chi connectivity index (χ0v) is 11.5. The lowest BCUT2D eigenvalue weighted by atomic mass is 10.0. The van der Waals surface area contributed by atoms with E-state index in [-0.39, 0.29) is 5.91 Å². The van der Waals surface area contributed by atoms with Crippen LogP contribution in [0.2, 0.25) is 0 Å². The second-order valence-electron chi connectivity index (χ2n) is 5.35. The first-order chi connectivity index (χ1) is 9.20. The van der Waals surface area contributed by atoms with Crippen LogP contribution in [0.1, 0.15) is 55.2 Å². The molecule has 0 spiro atoms. The molecule has 19 heavy (non-hydrogen) atoms. The van der Waals surface area contributed by atoms with Crippen LogP contribution >= 0.6 is 0 Å². The normalized spacial score (nSPS) is 17.6. The van der Waals surface area contributed by atoms with Crippen LogP contribution in [0.4, 0.5) is 0 Å². The van der Waals surface area contributed by atoms with Crippen LogP contribution in [-0.2, 0) is 6.42 Å². The Kier molecular flexibility index (Phi) is 4.96. The van der Waals surface area contributed by atoms with Gasteiger partial charge in [0.1, 0.15) is 5.69 Å². The fraction of sp³-hybridized carbons (Fsp3) is 0.714. The van der Waals surface area contributed by atoms with Gasteiger partial charge in [0, 0.05) is 12.2 Å². The highest BCUT2D eigenvalue weighted by Crippen LogP contribution is 2.27. The lowest BCUT2D eigenvalue weighted by molar-refractivity contribution is 0.0836. The molecule has 1 aliphatic rings.